The molecule has 0 aromatic carbocycles. The summed E-state index contributed by atoms with van der Waals surface area (Å²) in [5, 5.41) is 5.38. The van der Waals surface area contributed by atoms with Gasteiger partial charge in [0.1, 0.15) is 5.01 Å². The largest absolute Gasteiger partial charge is 0.353 e. The van der Waals surface area contributed by atoms with Gasteiger partial charge >= 0.3 is 0 Å². The van der Waals surface area contributed by atoms with Crippen LogP contribution in [0.5, 0.6) is 0 Å². The van der Waals surface area contributed by atoms with Crippen LogP contribution in [0.4, 0.5) is 0 Å². The van der Waals surface area contributed by atoms with Crippen LogP contribution >= 0.6 is 11.3 Å². The van der Waals surface area contributed by atoms with Crippen molar-refractivity contribution in [2.75, 3.05) is 6.54 Å². The van der Waals surface area contributed by atoms with Gasteiger partial charge in [-0.3, -0.25) is 4.79 Å². The maximum atomic E-state index is 10.9. The molecule has 0 radical (unpaired) electrons. The van der Waals surface area contributed by atoms with Crippen molar-refractivity contribution in [2.24, 2.45) is 0 Å². The molecule has 1 rings (SSSR count). The van der Waals surface area contributed by atoms with Crippen LogP contribution in [-0.4, -0.2) is 17.4 Å². The first kappa shape index (κ1) is 8.93. The number of likely N-dealkylation sites (N-methyl/N-ethyl adjacent to an activating group) is 1. The van der Waals surface area contributed by atoms with Crippen LogP contribution in [0.25, 0.3) is 6.08 Å². The zero-order valence-electron chi connectivity index (χ0n) is 6.78. The minimum Gasteiger partial charge on any atom is -0.353 e. The third kappa shape index (κ3) is 2.84. The normalized spacial score (nSPS) is 10.4. The van der Waals surface area contributed by atoms with E-state index in [0.29, 0.717) is 6.54 Å². The first-order valence-electron chi connectivity index (χ1n) is 3.68. The molecule has 1 aromatic rings. The molecule has 0 bridgehead atoms. The van der Waals surface area contributed by atoms with Gasteiger partial charge in [0.05, 0.1) is 0 Å². The van der Waals surface area contributed by atoms with E-state index in [0.717, 1.165) is 5.01 Å². The smallest absolute Gasteiger partial charge is 0.244 e. The number of carbonyl (C=O) groups is 1. The summed E-state index contributed by atoms with van der Waals surface area (Å²) in [7, 11) is 0. The fourth-order valence-electron chi connectivity index (χ4n) is 0.697. The van der Waals surface area contributed by atoms with Gasteiger partial charge in [-0.1, -0.05) is 0 Å². The second-order valence-electron chi connectivity index (χ2n) is 2.10. The molecule has 0 aliphatic carbocycles. The summed E-state index contributed by atoms with van der Waals surface area (Å²) in [6.07, 6.45) is 4.90. The lowest BCUT2D eigenvalue weighted by molar-refractivity contribution is -0.116. The van der Waals surface area contributed by atoms with Crippen LogP contribution in [0.2, 0.25) is 0 Å². The quantitative estimate of drug-likeness (QED) is 0.716. The number of nitrogens with one attached hydrogen (secondary N) is 1. The summed E-state index contributed by atoms with van der Waals surface area (Å²) < 4.78 is 0. The predicted molar refractivity (Wildman–Crippen MR) is 49.8 cm³/mol. The summed E-state index contributed by atoms with van der Waals surface area (Å²) in [5.74, 6) is -0.0762. The number of hydrogen-bond acceptors (Lipinski definition) is 3. The standard InChI is InChI=1S/C8H10N2OS/c1-2-9-7(11)3-4-8-10-5-6-12-8/h3-6H,2H2,1H3,(H,9,11)/b4-3+. The molecule has 0 spiro atoms. The fraction of sp³-hybridized carbons (Fsp3) is 0.250. The maximum Gasteiger partial charge on any atom is 0.244 e. The third-order valence-corrected chi connectivity index (χ3v) is 1.92. The molecule has 1 amide bonds. The minimum atomic E-state index is -0.0762. The van der Waals surface area contributed by atoms with E-state index in [4.69, 9.17) is 0 Å². The second-order valence-corrected chi connectivity index (χ2v) is 3.02. The van der Waals surface area contributed by atoms with Gasteiger partial charge in [-0.15, -0.1) is 11.3 Å². The first-order valence-corrected chi connectivity index (χ1v) is 4.56. The number of nitrogens with zero attached hydrogens (tertiary/aromatic N) is 1. The molecule has 0 fully saturated rings. The number of rotatable bonds is 3. The van der Waals surface area contributed by atoms with E-state index in [1.165, 1.54) is 17.4 Å². The van der Waals surface area contributed by atoms with Crippen molar-refractivity contribution in [3.05, 3.63) is 22.7 Å². The molecule has 64 valence electrons. The van der Waals surface area contributed by atoms with E-state index >= 15 is 0 Å². The highest BCUT2D eigenvalue weighted by atomic mass is 32.1. The average Bonchev–Trinajstić information content (AvgIpc) is 2.53. The zero-order valence-corrected chi connectivity index (χ0v) is 7.60. The maximum absolute atomic E-state index is 10.9. The molecule has 0 aliphatic rings. The van der Waals surface area contributed by atoms with E-state index in [2.05, 4.69) is 10.3 Å². The van der Waals surface area contributed by atoms with E-state index in [9.17, 15) is 4.79 Å². The highest BCUT2D eigenvalue weighted by Crippen LogP contribution is 2.05. The Bertz CT molecular complexity index is 267. The van der Waals surface area contributed by atoms with Crippen LogP contribution in [0.3, 0.4) is 0 Å². The van der Waals surface area contributed by atoms with Crippen molar-refractivity contribution in [1.82, 2.24) is 10.3 Å². The summed E-state index contributed by atoms with van der Waals surface area (Å²) in [4.78, 5) is 14.9. The Labute approximate surface area is 75.1 Å². The summed E-state index contributed by atoms with van der Waals surface area (Å²) >= 11 is 1.51. The number of hydrogen-bond donors (Lipinski definition) is 1. The molecule has 3 nitrogen and oxygen atoms in total. The molecular formula is C8H10N2OS. The van der Waals surface area contributed by atoms with Crippen LogP contribution in [0.15, 0.2) is 17.7 Å². The lowest BCUT2D eigenvalue weighted by Crippen LogP contribution is -2.19. The van der Waals surface area contributed by atoms with Crippen molar-refractivity contribution in [1.29, 1.82) is 0 Å². The SMILES string of the molecule is CCNC(=O)/C=C/c1nccs1. The molecule has 1 N–H and O–H groups in total. The van der Waals surface area contributed by atoms with E-state index in [-0.39, 0.29) is 5.91 Å². The lowest BCUT2D eigenvalue weighted by Gasteiger charge is -1.92. The average molecular weight is 182 g/mol. The van der Waals surface area contributed by atoms with Gasteiger partial charge < -0.3 is 5.32 Å². The minimum absolute atomic E-state index is 0.0762. The number of thiazole rings is 1. The predicted octanol–water partition coefficient (Wildman–Crippen LogP) is 1.29. The van der Waals surface area contributed by atoms with Crippen molar-refractivity contribution >= 4 is 23.3 Å². The van der Waals surface area contributed by atoms with Crippen molar-refractivity contribution in [2.45, 2.75) is 6.92 Å². The van der Waals surface area contributed by atoms with Crippen LogP contribution in [0, 0.1) is 0 Å². The number of carbonyl (C=O) groups excluding carboxylic acids is 1. The fourth-order valence-corrected chi connectivity index (χ4v) is 1.23. The van der Waals surface area contributed by atoms with E-state index in [1.807, 2.05) is 12.3 Å². The molecular weight excluding hydrogens is 172 g/mol. The summed E-state index contributed by atoms with van der Waals surface area (Å²) in [6.45, 7) is 2.54. The molecule has 0 atom stereocenters. The molecule has 4 heteroatoms. The molecule has 0 saturated heterocycles. The second kappa shape index (κ2) is 4.66. The molecule has 1 heterocycles. The Morgan fingerprint density at radius 1 is 1.83 bits per heavy atom. The number of amides is 1. The highest BCUT2D eigenvalue weighted by molar-refractivity contribution is 7.10. The molecule has 1 aromatic heterocycles. The van der Waals surface area contributed by atoms with Gasteiger partial charge in [-0.25, -0.2) is 4.98 Å². The monoisotopic (exact) mass is 182 g/mol. The number of aromatic nitrogens is 1. The summed E-state index contributed by atoms with van der Waals surface area (Å²) in [6, 6.07) is 0. The molecule has 0 aliphatic heterocycles. The van der Waals surface area contributed by atoms with Gasteiger partial charge in [-0.05, 0) is 13.0 Å². The van der Waals surface area contributed by atoms with Crippen LogP contribution in [-0.2, 0) is 4.79 Å². The molecule has 0 unspecified atom stereocenters. The van der Waals surface area contributed by atoms with Crippen LogP contribution < -0.4 is 5.32 Å². The highest BCUT2D eigenvalue weighted by Gasteiger charge is 1.92. The van der Waals surface area contributed by atoms with E-state index < -0.39 is 0 Å². The van der Waals surface area contributed by atoms with Crippen molar-refractivity contribution < 1.29 is 4.79 Å². The van der Waals surface area contributed by atoms with E-state index in [1.54, 1.807) is 12.3 Å². The molecule has 12 heavy (non-hydrogen) atoms. The first-order chi connectivity index (χ1) is 5.83. The Morgan fingerprint density at radius 2 is 2.67 bits per heavy atom. The van der Waals surface area contributed by atoms with Gasteiger partial charge in [0, 0.05) is 24.2 Å². The Balaban J connectivity index is 2.45. The van der Waals surface area contributed by atoms with Gasteiger partial charge in [-0.2, -0.15) is 0 Å². The Kier molecular flexibility index (Phi) is 3.47. The third-order valence-electron chi connectivity index (χ3n) is 1.18. The van der Waals surface area contributed by atoms with Crippen molar-refractivity contribution in [3.63, 3.8) is 0 Å². The molecule has 0 saturated carbocycles. The van der Waals surface area contributed by atoms with Gasteiger partial charge in [0.15, 0.2) is 0 Å². The van der Waals surface area contributed by atoms with Gasteiger partial charge in [0.2, 0.25) is 5.91 Å². The van der Waals surface area contributed by atoms with Gasteiger partial charge in [0.25, 0.3) is 0 Å². The Hall–Kier alpha value is -1.16. The zero-order chi connectivity index (χ0) is 8.81. The van der Waals surface area contributed by atoms with Crippen LogP contribution in [0.1, 0.15) is 11.9 Å². The lowest BCUT2D eigenvalue weighted by atomic mass is 10.4. The summed E-state index contributed by atoms with van der Waals surface area (Å²) in [5.41, 5.74) is 0. The van der Waals surface area contributed by atoms with Crippen molar-refractivity contribution in [3.8, 4) is 0 Å². The Morgan fingerprint density at radius 3 is 3.25 bits per heavy atom. The topological polar surface area (TPSA) is 42.0 Å².